The van der Waals surface area contributed by atoms with Gasteiger partial charge in [0.25, 0.3) is 0 Å². The van der Waals surface area contributed by atoms with Gasteiger partial charge in [0.2, 0.25) is 0 Å². The Morgan fingerprint density at radius 3 is 2.37 bits per heavy atom. The molecule has 3 nitrogen and oxygen atoms in total. The Morgan fingerprint density at radius 2 is 1.63 bits per heavy atom. The summed E-state index contributed by atoms with van der Waals surface area (Å²) in [5.74, 6) is 4.85. The summed E-state index contributed by atoms with van der Waals surface area (Å²) >= 11 is 0. The third-order valence-corrected chi connectivity index (χ3v) is 11.6. The highest BCUT2D eigenvalue weighted by Crippen LogP contribution is 2.68. The summed E-state index contributed by atoms with van der Waals surface area (Å²) < 4.78 is 0. The normalized spacial score (nSPS) is 57.2. The maximum absolute atomic E-state index is 11.4. The molecule has 3 N–H and O–H groups in total. The molecule has 0 spiro atoms. The number of hydrogen-bond acceptors (Lipinski definition) is 3. The zero-order chi connectivity index (χ0) is 21.3. The van der Waals surface area contributed by atoms with Crippen molar-refractivity contribution in [2.45, 2.75) is 110 Å². The standard InChI is InChI=1S/C27H47NO2/c1-16-5-8-23(28-15-16)17(2)25-24(30)14-22-20-7-6-18-13-19(29)9-11-26(18,3)21(20)10-12-27(22,25)4/h16-25,28-30H,5-15H2,1-4H3/t16-,17+,18-,19-,20+,21-,22-,23+,24+,25-,26-,27-/m0/s1. The first kappa shape index (κ1) is 21.7. The van der Waals surface area contributed by atoms with Gasteiger partial charge in [-0.3, -0.25) is 0 Å². The van der Waals surface area contributed by atoms with Crippen LogP contribution in [0.2, 0.25) is 0 Å². The molecule has 4 saturated carbocycles. The van der Waals surface area contributed by atoms with Gasteiger partial charge in [-0.25, -0.2) is 0 Å². The number of aliphatic hydroxyl groups excluding tert-OH is 2. The maximum atomic E-state index is 11.4. The third-order valence-electron chi connectivity index (χ3n) is 11.6. The molecule has 0 unspecified atom stereocenters. The Bertz CT molecular complexity index is 630. The molecule has 30 heavy (non-hydrogen) atoms. The molecule has 1 heterocycles. The molecule has 5 rings (SSSR count). The Morgan fingerprint density at radius 1 is 0.867 bits per heavy atom. The van der Waals surface area contributed by atoms with E-state index in [0.717, 1.165) is 49.5 Å². The van der Waals surface area contributed by atoms with Crippen molar-refractivity contribution in [3.63, 3.8) is 0 Å². The molecule has 5 fully saturated rings. The second kappa shape index (κ2) is 7.73. The maximum Gasteiger partial charge on any atom is 0.0579 e. The lowest BCUT2D eigenvalue weighted by Gasteiger charge is -2.61. The average molecular weight is 418 g/mol. The Hall–Kier alpha value is -0.120. The van der Waals surface area contributed by atoms with E-state index in [1.165, 1.54) is 44.9 Å². The van der Waals surface area contributed by atoms with Gasteiger partial charge in [0.1, 0.15) is 0 Å². The van der Waals surface area contributed by atoms with Gasteiger partial charge in [0.15, 0.2) is 0 Å². The minimum absolute atomic E-state index is 0.0577. The second-order valence-corrected chi connectivity index (χ2v) is 13.0. The van der Waals surface area contributed by atoms with E-state index < -0.39 is 0 Å². The fourth-order valence-corrected chi connectivity index (χ4v) is 9.96. The number of hydrogen-bond donors (Lipinski definition) is 3. The van der Waals surface area contributed by atoms with Crippen LogP contribution in [0.25, 0.3) is 0 Å². The Labute approximate surface area is 184 Å². The molecule has 12 atom stereocenters. The van der Waals surface area contributed by atoms with Crippen LogP contribution in [0.15, 0.2) is 0 Å². The molecule has 172 valence electrons. The molecule has 0 aromatic rings. The van der Waals surface area contributed by atoms with Gasteiger partial charge in [-0.15, -0.1) is 0 Å². The number of nitrogens with one attached hydrogen (secondary N) is 1. The summed E-state index contributed by atoms with van der Waals surface area (Å²) in [7, 11) is 0. The molecule has 1 saturated heterocycles. The molecule has 0 amide bonds. The number of piperidine rings is 1. The topological polar surface area (TPSA) is 52.5 Å². The van der Waals surface area contributed by atoms with Crippen LogP contribution in [0.1, 0.15) is 91.9 Å². The van der Waals surface area contributed by atoms with Crippen molar-refractivity contribution >= 4 is 0 Å². The fraction of sp³-hybridized carbons (Fsp3) is 1.00. The molecule has 0 aromatic carbocycles. The Balaban J connectivity index is 1.37. The van der Waals surface area contributed by atoms with Crippen LogP contribution in [0.4, 0.5) is 0 Å². The van der Waals surface area contributed by atoms with Crippen LogP contribution < -0.4 is 5.32 Å². The molecule has 3 heteroatoms. The second-order valence-electron chi connectivity index (χ2n) is 13.0. The molecule has 1 aliphatic heterocycles. The van der Waals surface area contributed by atoms with E-state index in [4.69, 9.17) is 0 Å². The largest absolute Gasteiger partial charge is 0.393 e. The summed E-state index contributed by atoms with van der Waals surface area (Å²) in [6, 6.07) is 0.585. The highest BCUT2D eigenvalue weighted by atomic mass is 16.3. The van der Waals surface area contributed by atoms with Gasteiger partial charge in [-0.1, -0.05) is 27.7 Å². The van der Waals surface area contributed by atoms with Gasteiger partial charge in [-0.05, 0) is 123 Å². The molecular formula is C27H47NO2. The number of aliphatic hydroxyl groups is 2. The molecule has 0 radical (unpaired) electrons. The van der Waals surface area contributed by atoms with Gasteiger partial charge < -0.3 is 15.5 Å². The van der Waals surface area contributed by atoms with Gasteiger partial charge in [-0.2, -0.15) is 0 Å². The van der Waals surface area contributed by atoms with E-state index in [-0.39, 0.29) is 12.2 Å². The van der Waals surface area contributed by atoms with Crippen LogP contribution in [-0.4, -0.2) is 35.0 Å². The van der Waals surface area contributed by atoms with Crippen molar-refractivity contribution in [3.05, 3.63) is 0 Å². The van der Waals surface area contributed by atoms with E-state index >= 15 is 0 Å². The van der Waals surface area contributed by atoms with Crippen molar-refractivity contribution in [2.75, 3.05) is 6.54 Å². The van der Waals surface area contributed by atoms with E-state index in [1.54, 1.807) is 0 Å². The van der Waals surface area contributed by atoms with Crippen LogP contribution in [0.3, 0.4) is 0 Å². The minimum atomic E-state index is -0.117. The summed E-state index contributed by atoms with van der Waals surface area (Å²) in [5.41, 5.74) is 0.737. The predicted molar refractivity (Wildman–Crippen MR) is 122 cm³/mol. The summed E-state index contributed by atoms with van der Waals surface area (Å²) in [6.45, 7) is 11.1. The predicted octanol–water partition coefficient (Wildman–Crippen LogP) is 5.00. The monoisotopic (exact) mass is 417 g/mol. The quantitative estimate of drug-likeness (QED) is 0.592. The van der Waals surface area contributed by atoms with Crippen molar-refractivity contribution in [2.24, 2.45) is 52.3 Å². The van der Waals surface area contributed by atoms with Gasteiger partial charge in [0, 0.05) is 6.04 Å². The minimum Gasteiger partial charge on any atom is -0.393 e. The van der Waals surface area contributed by atoms with Crippen molar-refractivity contribution < 1.29 is 10.2 Å². The van der Waals surface area contributed by atoms with Gasteiger partial charge >= 0.3 is 0 Å². The van der Waals surface area contributed by atoms with Crippen molar-refractivity contribution in [3.8, 4) is 0 Å². The van der Waals surface area contributed by atoms with E-state index in [2.05, 4.69) is 33.0 Å². The van der Waals surface area contributed by atoms with Crippen LogP contribution >= 0.6 is 0 Å². The molecule has 0 aromatic heterocycles. The van der Waals surface area contributed by atoms with E-state index in [1.807, 2.05) is 0 Å². The Kier molecular flexibility index (Phi) is 5.60. The molecule has 4 aliphatic carbocycles. The first-order chi connectivity index (χ1) is 14.2. The molecule has 0 bridgehead atoms. The first-order valence-corrected chi connectivity index (χ1v) is 13.3. The summed E-state index contributed by atoms with van der Waals surface area (Å²) in [5, 5.41) is 25.5. The zero-order valence-corrected chi connectivity index (χ0v) is 19.9. The van der Waals surface area contributed by atoms with Gasteiger partial charge in [0.05, 0.1) is 12.2 Å². The molecule has 5 aliphatic rings. The average Bonchev–Trinajstić information content (AvgIpc) is 2.98. The molecular weight excluding hydrogens is 370 g/mol. The smallest absolute Gasteiger partial charge is 0.0579 e. The lowest BCUT2D eigenvalue weighted by Crippen LogP contribution is -2.55. The lowest BCUT2D eigenvalue weighted by atomic mass is 9.44. The van der Waals surface area contributed by atoms with Crippen LogP contribution in [0, 0.1) is 52.3 Å². The first-order valence-electron chi connectivity index (χ1n) is 13.3. The van der Waals surface area contributed by atoms with Crippen LogP contribution in [0.5, 0.6) is 0 Å². The summed E-state index contributed by atoms with van der Waals surface area (Å²) in [6.07, 6.45) is 12.0. The van der Waals surface area contributed by atoms with E-state index in [0.29, 0.717) is 34.6 Å². The van der Waals surface area contributed by atoms with Crippen LogP contribution in [-0.2, 0) is 0 Å². The summed E-state index contributed by atoms with van der Waals surface area (Å²) in [4.78, 5) is 0. The zero-order valence-electron chi connectivity index (χ0n) is 19.9. The van der Waals surface area contributed by atoms with Crippen molar-refractivity contribution in [1.82, 2.24) is 5.32 Å². The highest BCUT2D eigenvalue weighted by Gasteiger charge is 2.63. The highest BCUT2D eigenvalue weighted by molar-refractivity contribution is 5.12. The number of fused-ring (bicyclic) bond motifs is 5. The SMILES string of the molecule is C[C@H]1CC[C@H]([C@@H](C)[C@H]2[C@H](O)C[C@H]3[C@@H]4CC[C@H]5C[C@@H](O)CC[C@]5(C)[C@H]4CC[C@]23C)NC1. The van der Waals surface area contributed by atoms with Crippen molar-refractivity contribution in [1.29, 1.82) is 0 Å². The lowest BCUT2D eigenvalue weighted by molar-refractivity contribution is -0.130. The fourth-order valence-electron chi connectivity index (χ4n) is 9.96. The van der Waals surface area contributed by atoms with E-state index in [9.17, 15) is 10.2 Å². The third kappa shape index (κ3) is 3.24. The number of rotatable bonds is 2.